The van der Waals surface area contributed by atoms with Crippen molar-refractivity contribution in [2.45, 2.75) is 52.5 Å². The lowest BCUT2D eigenvalue weighted by Crippen LogP contribution is -2.18. The van der Waals surface area contributed by atoms with Gasteiger partial charge >= 0.3 is 0 Å². The van der Waals surface area contributed by atoms with E-state index >= 15 is 0 Å². The normalized spacial score (nSPS) is 11.3. The number of aromatic nitrogens is 1. The number of nitrogens with one attached hydrogen (secondary N) is 1. The minimum Gasteiger partial charge on any atom is -0.441 e. The van der Waals surface area contributed by atoms with Crippen LogP contribution < -0.4 is 5.32 Å². The first-order valence-electron chi connectivity index (χ1n) is 6.86. The molecule has 3 heteroatoms. The molecule has 3 nitrogen and oxygen atoms in total. The van der Waals surface area contributed by atoms with Gasteiger partial charge in [-0.05, 0) is 31.0 Å². The summed E-state index contributed by atoms with van der Waals surface area (Å²) in [7, 11) is 0. The average molecular weight is 246 g/mol. The van der Waals surface area contributed by atoms with Gasteiger partial charge in [-0.2, -0.15) is 0 Å². The molecular formula is C15H22N2O. The molecule has 98 valence electrons. The summed E-state index contributed by atoms with van der Waals surface area (Å²) in [6.45, 7) is 6.34. The van der Waals surface area contributed by atoms with Crippen molar-refractivity contribution in [3.05, 3.63) is 24.1 Å². The Balaban J connectivity index is 2.14. The van der Waals surface area contributed by atoms with Crippen molar-refractivity contribution >= 4 is 16.8 Å². The summed E-state index contributed by atoms with van der Waals surface area (Å²) in [5, 5.41) is 3.60. The summed E-state index contributed by atoms with van der Waals surface area (Å²) in [5.74, 6) is 0.723. The Bertz CT molecular complexity index is 498. The van der Waals surface area contributed by atoms with Crippen molar-refractivity contribution in [1.82, 2.24) is 4.98 Å². The first-order valence-corrected chi connectivity index (χ1v) is 6.86. The zero-order valence-electron chi connectivity index (χ0n) is 11.5. The molecule has 1 aromatic heterocycles. The topological polar surface area (TPSA) is 38.1 Å². The van der Waals surface area contributed by atoms with Crippen LogP contribution in [0.25, 0.3) is 11.1 Å². The lowest BCUT2D eigenvalue weighted by Gasteiger charge is -2.18. The minimum atomic E-state index is 0.561. The average Bonchev–Trinajstić information content (AvgIpc) is 2.69. The van der Waals surface area contributed by atoms with Crippen LogP contribution in [0.15, 0.2) is 22.6 Å². The van der Waals surface area contributed by atoms with E-state index < -0.39 is 0 Å². The SMILES string of the molecule is CCCC(CCC)Nc1ccc2oc(C)nc2c1. The highest BCUT2D eigenvalue weighted by Gasteiger charge is 2.08. The van der Waals surface area contributed by atoms with Crippen LogP contribution in [0.1, 0.15) is 45.4 Å². The predicted molar refractivity (Wildman–Crippen MR) is 76.0 cm³/mol. The maximum Gasteiger partial charge on any atom is 0.192 e. The number of nitrogens with zero attached hydrogens (tertiary/aromatic N) is 1. The second-order valence-electron chi connectivity index (χ2n) is 4.83. The van der Waals surface area contributed by atoms with Crippen LogP contribution in [0.3, 0.4) is 0 Å². The molecule has 18 heavy (non-hydrogen) atoms. The molecule has 1 N–H and O–H groups in total. The number of rotatable bonds is 6. The smallest absolute Gasteiger partial charge is 0.192 e. The van der Waals surface area contributed by atoms with Crippen LogP contribution in [0, 0.1) is 6.92 Å². The summed E-state index contributed by atoms with van der Waals surface area (Å²) in [6, 6.07) is 6.70. The molecule has 2 rings (SSSR count). The fourth-order valence-corrected chi connectivity index (χ4v) is 2.35. The maximum absolute atomic E-state index is 5.48. The van der Waals surface area contributed by atoms with Gasteiger partial charge in [-0.15, -0.1) is 0 Å². The number of oxazole rings is 1. The van der Waals surface area contributed by atoms with E-state index in [2.05, 4.69) is 36.3 Å². The molecule has 0 aliphatic heterocycles. The molecule has 0 amide bonds. The van der Waals surface area contributed by atoms with Crippen LogP contribution in [0.2, 0.25) is 0 Å². The molecule has 1 heterocycles. The zero-order valence-corrected chi connectivity index (χ0v) is 11.5. The van der Waals surface area contributed by atoms with E-state index in [-0.39, 0.29) is 0 Å². The second kappa shape index (κ2) is 5.89. The number of fused-ring (bicyclic) bond motifs is 1. The third kappa shape index (κ3) is 3.03. The number of aryl methyl sites for hydroxylation is 1. The first kappa shape index (κ1) is 12.9. The Kier molecular flexibility index (Phi) is 4.24. The summed E-state index contributed by atoms with van der Waals surface area (Å²) in [6.07, 6.45) is 4.85. The van der Waals surface area contributed by atoms with Gasteiger partial charge in [0.15, 0.2) is 11.5 Å². The Morgan fingerprint density at radius 2 is 1.94 bits per heavy atom. The van der Waals surface area contributed by atoms with Gasteiger partial charge in [0, 0.05) is 18.7 Å². The molecule has 0 unspecified atom stereocenters. The Morgan fingerprint density at radius 1 is 1.22 bits per heavy atom. The lowest BCUT2D eigenvalue weighted by atomic mass is 10.1. The van der Waals surface area contributed by atoms with Gasteiger partial charge in [-0.3, -0.25) is 0 Å². The molecule has 1 aromatic carbocycles. The molecule has 0 bridgehead atoms. The van der Waals surface area contributed by atoms with Crippen LogP contribution in [0.4, 0.5) is 5.69 Å². The monoisotopic (exact) mass is 246 g/mol. The van der Waals surface area contributed by atoms with Crippen molar-refractivity contribution < 1.29 is 4.42 Å². The van der Waals surface area contributed by atoms with Gasteiger partial charge in [0.1, 0.15) is 5.52 Å². The van der Waals surface area contributed by atoms with Gasteiger partial charge in [0.05, 0.1) is 0 Å². The van der Waals surface area contributed by atoms with E-state index in [0.29, 0.717) is 6.04 Å². The van der Waals surface area contributed by atoms with E-state index in [1.807, 2.05) is 13.0 Å². The van der Waals surface area contributed by atoms with Gasteiger partial charge in [-0.1, -0.05) is 26.7 Å². The fourth-order valence-electron chi connectivity index (χ4n) is 2.35. The molecule has 0 atom stereocenters. The van der Waals surface area contributed by atoms with E-state index in [1.54, 1.807) is 0 Å². The van der Waals surface area contributed by atoms with Crippen LogP contribution in [-0.4, -0.2) is 11.0 Å². The summed E-state index contributed by atoms with van der Waals surface area (Å²) < 4.78 is 5.48. The Labute approximate surface area is 109 Å². The van der Waals surface area contributed by atoms with Crippen LogP contribution in [0.5, 0.6) is 0 Å². The zero-order chi connectivity index (χ0) is 13.0. The third-order valence-electron chi connectivity index (χ3n) is 3.14. The molecule has 0 aliphatic rings. The molecule has 0 aliphatic carbocycles. The molecule has 0 saturated carbocycles. The van der Waals surface area contributed by atoms with E-state index in [0.717, 1.165) is 22.7 Å². The van der Waals surface area contributed by atoms with E-state index in [4.69, 9.17) is 4.42 Å². The highest BCUT2D eigenvalue weighted by atomic mass is 16.3. The molecular weight excluding hydrogens is 224 g/mol. The standard InChI is InChI=1S/C15H22N2O/c1-4-6-12(7-5-2)17-13-8-9-15-14(10-13)16-11(3)18-15/h8-10,12,17H,4-7H2,1-3H3. The van der Waals surface area contributed by atoms with Crippen molar-refractivity contribution in [2.75, 3.05) is 5.32 Å². The highest BCUT2D eigenvalue weighted by molar-refractivity contribution is 5.77. The molecule has 0 spiro atoms. The van der Waals surface area contributed by atoms with Crippen molar-refractivity contribution in [1.29, 1.82) is 0 Å². The van der Waals surface area contributed by atoms with Gasteiger partial charge in [-0.25, -0.2) is 4.98 Å². The largest absolute Gasteiger partial charge is 0.441 e. The first-order chi connectivity index (χ1) is 8.72. The second-order valence-corrected chi connectivity index (χ2v) is 4.83. The molecule has 2 aromatic rings. The van der Waals surface area contributed by atoms with Gasteiger partial charge < -0.3 is 9.73 Å². The van der Waals surface area contributed by atoms with Crippen molar-refractivity contribution in [3.63, 3.8) is 0 Å². The predicted octanol–water partition coefficient (Wildman–Crippen LogP) is 4.52. The number of hydrogen-bond acceptors (Lipinski definition) is 3. The molecule has 0 radical (unpaired) electrons. The van der Waals surface area contributed by atoms with Crippen LogP contribution >= 0.6 is 0 Å². The molecule has 0 fully saturated rings. The Hall–Kier alpha value is -1.51. The number of hydrogen-bond donors (Lipinski definition) is 1. The lowest BCUT2D eigenvalue weighted by molar-refractivity contribution is 0.561. The van der Waals surface area contributed by atoms with Gasteiger partial charge in [0.25, 0.3) is 0 Å². The van der Waals surface area contributed by atoms with E-state index in [9.17, 15) is 0 Å². The minimum absolute atomic E-state index is 0.561. The van der Waals surface area contributed by atoms with Crippen molar-refractivity contribution in [2.24, 2.45) is 0 Å². The van der Waals surface area contributed by atoms with Crippen LogP contribution in [-0.2, 0) is 0 Å². The summed E-state index contributed by atoms with van der Waals surface area (Å²) in [5.41, 5.74) is 2.94. The number of anilines is 1. The maximum atomic E-state index is 5.48. The Morgan fingerprint density at radius 3 is 2.61 bits per heavy atom. The van der Waals surface area contributed by atoms with Gasteiger partial charge in [0.2, 0.25) is 0 Å². The summed E-state index contributed by atoms with van der Waals surface area (Å²) in [4.78, 5) is 4.37. The van der Waals surface area contributed by atoms with E-state index in [1.165, 1.54) is 25.7 Å². The quantitative estimate of drug-likeness (QED) is 0.814. The third-order valence-corrected chi connectivity index (χ3v) is 3.14. The summed E-state index contributed by atoms with van der Waals surface area (Å²) >= 11 is 0. The fraction of sp³-hybridized carbons (Fsp3) is 0.533. The molecule has 0 saturated heterocycles. The highest BCUT2D eigenvalue weighted by Crippen LogP contribution is 2.21. The number of benzene rings is 1. The van der Waals surface area contributed by atoms with Crippen molar-refractivity contribution in [3.8, 4) is 0 Å².